The van der Waals surface area contributed by atoms with Crippen molar-refractivity contribution in [2.45, 2.75) is 19.3 Å². The fourth-order valence-corrected chi connectivity index (χ4v) is 7.60. The van der Waals surface area contributed by atoms with E-state index in [0.717, 1.165) is 38.8 Å². The van der Waals surface area contributed by atoms with Crippen LogP contribution in [0.15, 0.2) is 115 Å². The largest absolute Gasteiger partial charge is 0.438 e. The van der Waals surface area contributed by atoms with Crippen molar-refractivity contribution in [2.24, 2.45) is 0 Å². The van der Waals surface area contributed by atoms with E-state index in [-0.39, 0.29) is 5.41 Å². The lowest BCUT2D eigenvalue weighted by Gasteiger charge is -2.22. The van der Waals surface area contributed by atoms with E-state index >= 15 is 0 Å². The van der Waals surface area contributed by atoms with Gasteiger partial charge in [-0.15, -0.1) is 0 Å². The molecular weight excluding hydrogens is 526 g/mol. The van der Waals surface area contributed by atoms with Crippen molar-refractivity contribution in [3.05, 3.63) is 126 Å². The predicted molar refractivity (Wildman–Crippen MR) is 174 cm³/mol. The van der Waals surface area contributed by atoms with Crippen molar-refractivity contribution in [2.75, 3.05) is 0 Å². The summed E-state index contributed by atoms with van der Waals surface area (Å²) in [6.07, 6.45) is 0. The maximum atomic E-state index is 6.44. The SMILES string of the molecule is CC1(C)c2cc3c(cc2-c2c1ccc1ccccc21)c1ccccc1n3-c1nc2c3c(cccc3n1)-c1ccccc1O2. The van der Waals surface area contributed by atoms with Crippen LogP contribution >= 0.6 is 0 Å². The average Bonchev–Trinajstić information content (AvgIpc) is 3.48. The van der Waals surface area contributed by atoms with Gasteiger partial charge in [-0.25, -0.2) is 4.98 Å². The zero-order valence-electron chi connectivity index (χ0n) is 23.7. The van der Waals surface area contributed by atoms with Crippen LogP contribution in [0, 0.1) is 0 Å². The monoisotopic (exact) mass is 551 g/mol. The van der Waals surface area contributed by atoms with Crippen LogP contribution in [0.2, 0.25) is 0 Å². The maximum absolute atomic E-state index is 6.44. The second kappa shape index (κ2) is 7.87. The summed E-state index contributed by atoms with van der Waals surface area (Å²) in [6.45, 7) is 4.68. The van der Waals surface area contributed by atoms with Gasteiger partial charge < -0.3 is 4.74 Å². The molecule has 0 unspecified atom stereocenters. The number of ether oxygens (including phenoxy) is 1. The number of aromatic nitrogens is 3. The van der Waals surface area contributed by atoms with E-state index in [1.54, 1.807) is 0 Å². The Labute approximate surface area is 247 Å². The Kier molecular flexibility index (Phi) is 4.23. The fraction of sp³-hybridized carbons (Fsp3) is 0.0769. The molecular formula is C39H25N3O. The minimum Gasteiger partial charge on any atom is -0.438 e. The number of rotatable bonds is 1. The molecule has 0 saturated heterocycles. The molecule has 0 saturated carbocycles. The summed E-state index contributed by atoms with van der Waals surface area (Å²) >= 11 is 0. The molecule has 2 aliphatic rings. The first-order valence-electron chi connectivity index (χ1n) is 14.8. The number of hydrogen-bond acceptors (Lipinski definition) is 3. The zero-order valence-corrected chi connectivity index (χ0v) is 23.7. The van der Waals surface area contributed by atoms with Crippen molar-refractivity contribution < 1.29 is 4.74 Å². The van der Waals surface area contributed by atoms with Gasteiger partial charge in [-0.05, 0) is 63.4 Å². The molecule has 0 amide bonds. The summed E-state index contributed by atoms with van der Waals surface area (Å²) in [5.41, 5.74) is 10.4. The number of benzene rings is 6. The summed E-state index contributed by atoms with van der Waals surface area (Å²) in [4.78, 5) is 10.3. The number of nitrogens with zero attached hydrogens (tertiary/aromatic N) is 3. The van der Waals surface area contributed by atoms with Gasteiger partial charge in [0.2, 0.25) is 11.8 Å². The van der Waals surface area contributed by atoms with E-state index in [0.29, 0.717) is 11.8 Å². The van der Waals surface area contributed by atoms with Gasteiger partial charge in [0, 0.05) is 27.3 Å². The van der Waals surface area contributed by atoms with Crippen molar-refractivity contribution >= 4 is 43.5 Å². The number of fused-ring (bicyclic) bond motifs is 10. The van der Waals surface area contributed by atoms with Crippen molar-refractivity contribution in [1.82, 2.24) is 14.5 Å². The van der Waals surface area contributed by atoms with Gasteiger partial charge >= 0.3 is 0 Å². The van der Waals surface area contributed by atoms with Gasteiger partial charge in [0.05, 0.1) is 21.9 Å². The summed E-state index contributed by atoms with van der Waals surface area (Å²) < 4.78 is 8.66. The number of para-hydroxylation sites is 2. The van der Waals surface area contributed by atoms with Crippen LogP contribution in [0.3, 0.4) is 0 Å². The van der Waals surface area contributed by atoms with Crippen LogP contribution in [0.4, 0.5) is 0 Å². The Morgan fingerprint density at radius 3 is 2.33 bits per heavy atom. The molecule has 10 rings (SSSR count). The predicted octanol–water partition coefficient (Wildman–Crippen LogP) is 9.96. The summed E-state index contributed by atoms with van der Waals surface area (Å²) in [5.74, 6) is 2.03. The molecule has 0 atom stereocenters. The third-order valence-corrected chi connectivity index (χ3v) is 9.62. The molecule has 0 bridgehead atoms. The van der Waals surface area contributed by atoms with E-state index in [1.165, 1.54) is 43.8 Å². The van der Waals surface area contributed by atoms with Gasteiger partial charge in [0.25, 0.3) is 0 Å². The van der Waals surface area contributed by atoms with Crippen LogP contribution in [0.25, 0.3) is 71.7 Å². The lowest BCUT2D eigenvalue weighted by atomic mass is 9.82. The van der Waals surface area contributed by atoms with Crippen LogP contribution in [-0.2, 0) is 5.41 Å². The van der Waals surface area contributed by atoms with Crippen molar-refractivity contribution in [3.63, 3.8) is 0 Å². The quantitative estimate of drug-likeness (QED) is 0.204. The normalized spacial score (nSPS) is 14.2. The topological polar surface area (TPSA) is 39.9 Å². The Hall–Kier alpha value is -5.48. The molecule has 0 N–H and O–H groups in total. The minimum absolute atomic E-state index is 0.151. The van der Waals surface area contributed by atoms with Gasteiger partial charge in [0.1, 0.15) is 5.75 Å². The Bertz CT molecular complexity index is 2520. The maximum Gasteiger partial charge on any atom is 0.238 e. The lowest BCUT2D eigenvalue weighted by molar-refractivity contribution is 0.466. The standard InChI is InChI=1S/C39H25N3O/c1-39(2)29-19-18-22-10-3-4-11-23(22)35(29)28-20-27-24-12-5-7-16-32(24)42(33(27)21-30(28)39)38-40-31-15-9-14-26-25-13-6-8-17-34(25)43-37(41-38)36(26)31/h3-21H,1-2H3. The molecule has 1 aliphatic heterocycles. The fourth-order valence-electron chi connectivity index (χ4n) is 7.60. The molecule has 3 heterocycles. The van der Waals surface area contributed by atoms with Crippen LogP contribution < -0.4 is 4.74 Å². The second-order valence-electron chi connectivity index (χ2n) is 12.2. The second-order valence-corrected chi connectivity index (χ2v) is 12.2. The molecule has 4 nitrogen and oxygen atoms in total. The van der Waals surface area contributed by atoms with Gasteiger partial charge in [-0.1, -0.05) is 98.8 Å². The first kappa shape index (κ1) is 23.1. The first-order valence-corrected chi connectivity index (χ1v) is 14.8. The highest BCUT2D eigenvalue weighted by molar-refractivity contribution is 6.13. The molecule has 6 aromatic carbocycles. The smallest absolute Gasteiger partial charge is 0.238 e. The highest BCUT2D eigenvalue weighted by atomic mass is 16.5. The van der Waals surface area contributed by atoms with E-state index in [9.17, 15) is 0 Å². The molecule has 0 radical (unpaired) electrons. The molecule has 0 spiro atoms. The Balaban J connectivity index is 1.30. The molecule has 1 aliphatic carbocycles. The van der Waals surface area contributed by atoms with Crippen molar-refractivity contribution in [3.8, 4) is 39.8 Å². The average molecular weight is 552 g/mol. The Morgan fingerprint density at radius 1 is 0.605 bits per heavy atom. The first-order chi connectivity index (χ1) is 21.1. The minimum atomic E-state index is -0.151. The molecule has 43 heavy (non-hydrogen) atoms. The highest BCUT2D eigenvalue weighted by Crippen LogP contribution is 2.53. The highest BCUT2D eigenvalue weighted by Gasteiger charge is 2.37. The van der Waals surface area contributed by atoms with Crippen LogP contribution in [-0.4, -0.2) is 14.5 Å². The van der Waals surface area contributed by atoms with Gasteiger partial charge in [-0.2, -0.15) is 4.98 Å². The van der Waals surface area contributed by atoms with Gasteiger partial charge in [0.15, 0.2) is 0 Å². The van der Waals surface area contributed by atoms with Crippen LogP contribution in [0.1, 0.15) is 25.0 Å². The van der Waals surface area contributed by atoms with E-state index < -0.39 is 0 Å². The van der Waals surface area contributed by atoms with Crippen LogP contribution in [0.5, 0.6) is 11.6 Å². The summed E-state index contributed by atoms with van der Waals surface area (Å²) in [7, 11) is 0. The molecule has 8 aromatic rings. The third kappa shape index (κ3) is 2.90. The molecule has 2 aromatic heterocycles. The molecule has 4 heteroatoms. The zero-order chi connectivity index (χ0) is 28.4. The van der Waals surface area contributed by atoms with E-state index in [1.807, 2.05) is 18.2 Å². The lowest BCUT2D eigenvalue weighted by Crippen LogP contribution is -2.15. The van der Waals surface area contributed by atoms with Crippen molar-refractivity contribution in [1.29, 1.82) is 0 Å². The summed E-state index contributed by atoms with van der Waals surface area (Å²) in [6, 6.07) is 41.1. The Morgan fingerprint density at radius 2 is 1.40 bits per heavy atom. The molecule has 0 fully saturated rings. The van der Waals surface area contributed by atoms with E-state index in [4.69, 9.17) is 14.7 Å². The number of hydrogen-bond donors (Lipinski definition) is 0. The summed E-state index contributed by atoms with van der Waals surface area (Å²) in [5, 5.41) is 5.91. The third-order valence-electron chi connectivity index (χ3n) is 9.62. The molecule has 202 valence electrons. The van der Waals surface area contributed by atoms with E-state index in [2.05, 4.69) is 115 Å². The van der Waals surface area contributed by atoms with Gasteiger partial charge in [-0.3, -0.25) is 4.57 Å².